The number of hydrogen-bond acceptors (Lipinski definition) is 6. The molecule has 0 fully saturated rings. The van der Waals surface area contributed by atoms with Gasteiger partial charge in [-0.25, -0.2) is 0 Å². The molecule has 1 amide bonds. The number of aryl methyl sites for hydroxylation is 1. The lowest BCUT2D eigenvalue weighted by atomic mass is 10.2. The summed E-state index contributed by atoms with van der Waals surface area (Å²) in [5, 5.41) is 10.6. The number of thioether (sulfide) groups is 1. The van der Waals surface area contributed by atoms with Crippen molar-refractivity contribution in [3.8, 4) is 0 Å². The zero-order valence-electron chi connectivity index (χ0n) is 10.6. The monoisotopic (exact) mass is 294 g/mol. The van der Waals surface area contributed by atoms with Gasteiger partial charge in [-0.2, -0.15) is 0 Å². The van der Waals surface area contributed by atoms with Gasteiger partial charge in [-0.3, -0.25) is 4.79 Å². The summed E-state index contributed by atoms with van der Waals surface area (Å²) in [6, 6.07) is 7.68. The minimum absolute atomic E-state index is 0.0670. The minimum Gasteiger partial charge on any atom is -0.374 e. The van der Waals surface area contributed by atoms with Gasteiger partial charge >= 0.3 is 0 Å². The third-order valence-electron chi connectivity index (χ3n) is 2.39. The molecule has 1 atom stereocenters. The van der Waals surface area contributed by atoms with Crippen LogP contribution in [0.4, 0.5) is 10.8 Å². The second kappa shape index (κ2) is 6.03. The van der Waals surface area contributed by atoms with Crippen molar-refractivity contribution in [1.82, 2.24) is 10.2 Å². The lowest BCUT2D eigenvalue weighted by Gasteiger charge is -2.10. The van der Waals surface area contributed by atoms with Crippen molar-refractivity contribution in [2.75, 3.05) is 11.1 Å². The van der Waals surface area contributed by atoms with Crippen molar-refractivity contribution < 1.29 is 4.79 Å². The second-order valence-electron chi connectivity index (χ2n) is 4.02. The quantitative estimate of drug-likeness (QED) is 0.847. The van der Waals surface area contributed by atoms with Crippen LogP contribution < -0.4 is 11.1 Å². The number of anilines is 2. The third-order valence-corrected chi connectivity index (χ3v) is 4.32. The molecule has 1 aromatic carbocycles. The molecule has 3 N–H and O–H groups in total. The van der Waals surface area contributed by atoms with Gasteiger partial charge in [-0.15, -0.1) is 10.2 Å². The molecular weight excluding hydrogens is 280 g/mol. The van der Waals surface area contributed by atoms with Crippen LogP contribution in [0, 0.1) is 6.92 Å². The van der Waals surface area contributed by atoms with E-state index in [2.05, 4.69) is 15.5 Å². The number of carbonyl (C=O) groups is 1. The average molecular weight is 294 g/mol. The predicted molar refractivity (Wildman–Crippen MR) is 79.4 cm³/mol. The molecule has 0 radical (unpaired) electrons. The molecule has 5 nitrogen and oxygen atoms in total. The standard InChI is InChI=1S/C12H14N4OS2/c1-7-3-5-9(6-4-7)14-10(17)8(2)18-12-16-15-11(13)19-12/h3-6,8H,1-2H3,(H2,13,15)(H,14,17)/t8-/m0/s1. The molecular formula is C12H14N4OS2. The molecule has 0 aliphatic heterocycles. The molecule has 0 unspecified atom stereocenters. The predicted octanol–water partition coefficient (Wildman–Crippen LogP) is 2.55. The normalized spacial score (nSPS) is 12.1. The van der Waals surface area contributed by atoms with Crippen LogP contribution in [0.15, 0.2) is 28.6 Å². The first kappa shape index (κ1) is 13.8. The van der Waals surface area contributed by atoms with E-state index >= 15 is 0 Å². The Labute approximate surface area is 119 Å². The molecule has 1 heterocycles. The van der Waals surface area contributed by atoms with Gasteiger partial charge < -0.3 is 11.1 Å². The number of carbonyl (C=O) groups excluding carboxylic acids is 1. The maximum absolute atomic E-state index is 12.0. The van der Waals surface area contributed by atoms with Crippen LogP contribution in [-0.4, -0.2) is 21.4 Å². The van der Waals surface area contributed by atoms with Crippen molar-refractivity contribution in [3.63, 3.8) is 0 Å². The molecule has 0 bridgehead atoms. The highest BCUT2D eigenvalue weighted by Gasteiger charge is 2.16. The third kappa shape index (κ3) is 3.93. The smallest absolute Gasteiger partial charge is 0.237 e. The first-order chi connectivity index (χ1) is 9.04. The van der Waals surface area contributed by atoms with E-state index in [0.717, 1.165) is 11.3 Å². The Balaban J connectivity index is 1.94. The van der Waals surface area contributed by atoms with Crippen LogP contribution >= 0.6 is 23.1 Å². The Bertz CT molecular complexity index is 567. The van der Waals surface area contributed by atoms with Gasteiger partial charge in [0.1, 0.15) is 0 Å². The molecule has 2 rings (SSSR count). The van der Waals surface area contributed by atoms with Crippen molar-refractivity contribution in [2.24, 2.45) is 0 Å². The minimum atomic E-state index is -0.256. The van der Waals surface area contributed by atoms with Crippen LogP contribution in [0.3, 0.4) is 0 Å². The zero-order valence-corrected chi connectivity index (χ0v) is 12.2. The van der Waals surface area contributed by atoms with E-state index in [0.29, 0.717) is 9.47 Å². The van der Waals surface area contributed by atoms with E-state index < -0.39 is 0 Å². The summed E-state index contributed by atoms with van der Waals surface area (Å²) in [5.74, 6) is -0.0670. The number of benzene rings is 1. The molecule has 2 aromatic rings. The Morgan fingerprint density at radius 1 is 1.37 bits per heavy atom. The molecule has 7 heteroatoms. The summed E-state index contributed by atoms with van der Waals surface area (Å²) >= 11 is 2.63. The molecule has 19 heavy (non-hydrogen) atoms. The van der Waals surface area contributed by atoms with Crippen LogP contribution in [-0.2, 0) is 4.79 Å². The van der Waals surface area contributed by atoms with E-state index in [4.69, 9.17) is 5.73 Å². The summed E-state index contributed by atoms with van der Waals surface area (Å²) in [4.78, 5) is 12.0. The van der Waals surface area contributed by atoms with E-state index in [9.17, 15) is 4.79 Å². The Morgan fingerprint density at radius 3 is 2.63 bits per heavy atom. The van der Waals surface area contributed by atoms with Crippen molar-refractivity contribution >= 4 is 39.8 Å². The van der Waals surface area contributed by atoms with Crippen molar-refractivity contribution in [3.05, 3.63) is 29.8 Å². The molecule has 100 valence electrons. The Morgan fingerprint density at radius 2 is 2.05 bits per heavy atom. The number of nitrogens with zero attached hydrogens (tertiary/aromatic N) is 2. The summed E-state index contributed by atoms with van der Waals surface area (Å²) in [7, 11) is 0. The number of nitrogens with two attached hydrogens (primary N) is 1. The highest BCUT2D eigenvalue weighted by Crippen LogP contribution is 2.28. The maximum Gasteiger partial charge on any atom is 0.237 e. The summed E-state index contributed by atoms with van der Waals surface area (Å²) in [6.07, 6.45) is 0. The van der Waals surface area contributed by atoms with Crippen LogP contribution in [0.2, 0.25) is 0 Å². The summed E-state index contributed by atoms with van der Waals surface area (Å²) in [6.45, 7) is 3.83. The zero-order chi connectivity index (χ0) is 13.8. The molecule has 0 spiro atoms. The number of nitrogen functional groups attached to an aromatic ring is 1. The van der Waals surface area contributed by atoms with E-state index in [-0.39, 0.29) is 11.2 Å². The fourth-order valence-electron chi connectivity index (χ4n) is 1.35. The fraction of sp³-hybridized carbons (Fsp3) is 0.250. The first-order valence-corrected chi connectivity index (χ1v) is 7.37. The molecule has 0 saturated carbocycles. The van der Waals surface area contributed by atoms with Crippen LogP contribution in [0.25, 0.3) is 0 Å². The highest BCUT2D eigenvalue weighted by atomic mass is 32.2. The summed E-state index contributed by atoms with van der Waals surface area (Å²) < 4.78 is 0.698. The maximum atomic E-state index is 12.0. The number of aromatic nitrogens is 2. The van der Waals surface area contributed by atoms with Gasteiger partial charge in [0.2, 0.25) is 11.0 Å². The van der Waals surface area contributed by atoms with Crippen LogP contribution in [0.5, 0.6) is 0 Å². The molecule has 0 aliphatic rings. The molecule has 0 saturated heterocycles. The fourth-order valence-corrected chi connectivity index (χ4v) is 3.13. The van der Waals surface area contributed by atoms with Gasteiger partial charge in [0, 0.05) is 5.69 Å². The average Bonchev–Trinajstić information content (AvgIpc) is 2.77. The number of rotatable bonds is 4. The number of nitrogens with one attached hydrogen (secondary N) is 1. The first-order valence-electron chi connectivity index (χ1n) is 5.68. The van der Waals surface area contributed by atoms with Crippen molar-refractivity contribution in [1.29, 1.82) is 0 Å². The lowest BCUT2D eigenvalue weighted by Crippen LogP contribution is -2.22. The van der Waals surface area contributed by atoms with Crippen LogP contribution in [0.1, 0.15) is 12.5 Å². The summed E-state index contributed by atoms with van der Waals surface area (Å²) in [5.41, 5.74) is 7.45. The van der Waals surface area contributed by atoms with Crippen molar-refractivity contribution in [2.45, 2.75) is 23.4 Å². The molecule has 0 aliphatic carbocycles. The lowest BCUT2D eigenvalue weighted by molar-refractivity contribution is -0.115. The van der Waals surface area contributed by atoms with Gasteiger partial charge in [0.05, 0.1) is 5.25 Å². The van der Waals surface area contributed by atoms with Gasteiger partial charge in [-0.1, -0.05) is 40.8 Å². The van der Waals surface area contributed by atoms with E-state index in [1.165, 1.54) is 23.1 Å². The van der Waals surface area contributed by atoms with Gasteiger partial charge in [-0.05, 0) is 26.0 Å². The largest absolute Gasteiger partial charge is 0.374 e. The Kier molecular flexibility index (Phi) is 4.39. The highest BCUT2D eigenvalue weighted by molar-refractivity contribution is 8.02. The van der Waals surface area contributed by atoms with E-state index in [1.807, 2.05) is 38.1 Å². The topological polar surface area (TPSA) is 80.9 Å². The molecule has 1 aromatic heterocycles. The SMILES string of the molecule is Cc1ccc(NC(=O)[C@H](C)Sc2nnc(N)s2)cc1. The number of hydrogen-bond donors (Lipinski definition) is 2. The Hall–Kier alpha value is -1.60. The second-order valence-corrected chi connectivity index (χ2v) is 6.62. The van der Waals surface area contributed by atoms with E-state index in [1.54, 1.807) is 0 Å². The van der Waals surface area contributed by atoms with Gasteiger partial charge in [0.15, 0.2) is 4.34 Å². The van der Waals surface area contributed by atoms with Gasteiger partial charge in [0.25, 0.3) is 0 Å². The number of amides is 1.